The molecular weight excluding hydrogens is 1930 g/mol. The minimum Gasteiger partial charge on any atom is -0.493 e. The number of carbonyl (C=O) groups is 4. The van der Waals surface area contributed by atoms with Crippen molar-refractivity contribution < 1.29 is 113 Å². The standard InChI is InChI=1S/C30H31FN2O5.C29H30FN3O5.C29H29FN2O5.C28H28FN3O5/c1-19-12-20-5-6-25(29(31)21(20)13-19)38-24-7-9-32-23-15-27(26(35-2)14-22(23)24)37-11-3-4-28(34)33-10-8-30(16-33)17-36-18-30;1-18-10-19-5-6-23(27(30)20(19)11-18)38-28-21-12-24(35-2)25(13-22(21)31-17-32-28)37-9-3-4-26(34)33-8-7-29(14-33)15-36-16-29;1-18-11-19-3-4-24(28(30)20(19)12-18)37-23-5-8-31-22-14-26(25(34-2)13-21(22)23)36-10-6-27(33)32-9-7-29(15-32)16-35-17-29;1-17-9-18-3-4-22(26(29)19(18)10-17)37-27-20-11-23(34-2)24(12-21(20)30-16-31-27)36-8-5-25(33)32-7-6-28(13-32)14-35-15-28/h5-7,9,13-15H,3-4,8,10-12,16-18H2,1-2H3;5-6,11-13,17H,3-4,7-10,14-16H2,1-2H3;3-5,8,12-14H,6-7,9-11,15-17H2,1-2H3;3-4,10-12,16H,5-9,13-15H2,1-2H3. The van der Waals surface area contributed by atoms with E-state index in [4.69, 9.17) is 75.8 Å². The molecule has 8 saturated heterocycles. The lowest BCUT2D eigenvalue weighted by atomic mass is 9.85. The van der Waals surface area contributed by atoms with Crippen molar-refractivity contribution in [3.05, 3.63) is 224 Å². The van der Waals surface area contributed by atoms with Crippen molar-refractivity contribution in [1.29, 1.82) is 0 Å². The highest BCUT2D eigenvalue weighted by molar-refractivity contribution is 5.92. The van der Waals surface area contributed by atoms with Crippen molar-refractivity contribution >= 4 is 91.5 Å². The van der Waals surface area contributed by atoms with Gasteiger partial charge >= 0.3 is 0 Å². The first-order valence-corrected chi connectivity index (χ1v) is 51.0. The predicted octanol–water partition coefficient (Wildman–Crippen LogP) is 20.2. The number of pyridine rings is 2. The van der Waals surface area contributed by atoms with Crippen LogP contribution in [0.3, 0.4) is 0 Å². The van der Waals surface area contributed by atoms with E-state index >= 15 is 17.6 Å². The van der Waals surface area contributed by atoms with Crippen LogP contribution in [0, 0.1) is 44.9 Å². The number of aromatic nitrogens is 6. The van der Waals surface area contributed by atoms with E-state index in [0.29, 0.717) is 162 Å². The summed E-state index contributed by atoms with van der Waals surface area (Å²) in [7, 11) is 6.19. The Kier molecular flexibility index (Phi) is 29.0. The Labute approximate surface area is 864 Å². The molecule has 12 aliphatic rings. The molecule has 0 atom stereocenters. The van der Waals surface area contributed by atoms with Crippen LogP contribution in [0.1, 0.15) is 136 Å². The van der Waals surface area contributed by atoms with E-state index < -0.39 is 11.6 Å². The number of rotatable bonds is 30. The molecule has 12 aromatic rings. The molecule has 0 radical (unpaired) electrons. The smallest absolute Gasteiger partial charge is 0.230 e. The van der Waals surface area contributed by atoms with Crippen molar-refractivity contribution in [1.82, 2.24) is 49.5 Å². The molecule has 4 amide bonds. The molecule has 0 bridgehead atoms. The van der Waals surface area contributed by atoms with Gasteiger partial charge in [0.1, 0.15) is 24.2 Å². The Morgan fingerprint density at radius 3 is 0.860 bits per heavy atom. The number of amides is 4. The SMILES string of the molecule is COc1cc2c(Oc3ccc4c(c3F)C=C(C)C4)ccnc2cc1OCCC(=O)N1CCC2(COC2)C1.COc1cc2c(Oc3ccc4c(c3F)C=C(C)C4)ccnc2cc1OCCCC(=O)N1CCC2(COC2)C1.COc1cc2c(Oc3ccc4c(c3F)C=C(C)C4)ncnc2cc1OCCC(=O)N1CCC2(COC2)C1.COc1cc2c(Oc3ccc4c(c3F)C=C(C)C4)ncnc2cc1OCCCC(=O)N1CCC2(COC2)C1. The molecule has 0 saturated carbocycles. The minimum atomic E-state index is -0.411. The van der Waals surface area contributed by atoms with Crippen molar-refractivity contribution in [2.75, 3.05) is 160 Å². The first-order chi connectivity index (χ1) is 72.8. The molecular formula is C116H118F4N10O20. The minimum absolute atomic E-state index is 0.0722. The van der Waals surface area contributed by atoms with Gasteiger partial charge in [0.25, 0.3) is 0 Å². The largest absolute Gasteiger partial charge is 0.493 e. The number of hydrogen-bond acceptors (Lipinski definition) is 26. The Hall–Kier alpha value is -14.7. The van der Waals surface area contributed by atoms with Crippen LogP contribution in [0.2, 0.25) is 0 Å². The summed E-state index contributed by atoms with van der Waals surface area (Å²) in [5.41, 5.74) is 13.7. The molecule has 4 spiro atoms. The lowest BCUT2D eigenvalue weighted by Gasteiger charge is -2.37. The van der Waals surface area contributed by atoms with Crippen LogP contribution in [-0.2, 0) is 63.8 Å². The molecule has 150 heavy (non-hydrogen) atoms. The van der Waals surface area contributed by atoms with Gasteiger partial charge in [0.05, 0.1) is 153 Å². The van der Waals surface area contributed by atoms with Crippen LogP contribution >= 0.6 is 0 Å². The summed E-state index contributed by atoms with van der Waals surface area (Å²) in [5.74, 6) is 4.73. The van der Waals surface area contributed by atoms with E-state index in [-0.39, 0.29) is 118 Å². The Bertz CT molecular complexity index is 7000. The molecule has 8 fully saturated rings. The topological polar surface area (TPSA) is 306 Å². The number of allylic oxidation sites excluding steroid dienone is 4. The van der Waals surface area contributed by atoms with Gasteiger partial charge in [-0.2, -0.15) is 0 Å². The lowest BCUT2D eigenvalue weighted by molar-refractivity contribution is -0.136. The predicted molar refractivity (Wildman–Crippen MR) is 552 cm³/mol. The summed E-state index contributed by atoms with van der Waals surface area (Å²) < 4.78 is 152. The van der Waals surface area contributed by atoms with Crippen molar-refractivity contribution in [2.24, 2.45) is 21.7 Å². The second-order valence-corrected chi connectivity index (χ2v) is 41.3. The fourth-order valence-electron chi connectivity index (χ4n) is 21.6. The number of hydrogen-bond donors (Lipinski definition) is 0. The zero-order valence-electron chi connectivity index (χ0n) is 85.2. The fraction of sp³-hybridized carbons (Fsp3) is 0.397. The van der Waals surface area contributed by atoms with Crippen molar-refractivity contribution in [3.63, 3.8) is 0 Å². The van der Waals surface area contributed by atoms with E-state index in [0.717, 1.165) is 201 Å². The zero-order chi connectivity index (χ0) is 104. The van der Waals surface area contributed by atoms with Crippen LogP contribution in [-0.4, -0.2) is 233 Å². The Morgan fingerprint density at radius 2 is 0.580 bits per heavy atom. The van der Waals surface area contributed by atoms with Crippen LogP contribution in [0.25, 0.3) is 67.9 Å². The molecule has 780 valence electrons. The molecule has 34 heteroatoms. The van der Waals surface area contributed by atoms with Crippen molar-refractivity contribution in [2.45, 2.75) is 118 Å². The van der Waals surface area contributed by atoms with E-state index in [1.807, 2.05) is 95.9 Å². The van der Waals surface area contributed by atoms with E-state index in [9.17, 15) is 19.2 Å². The van der Waals surface area contributed by atoms with E-state index in [1.165, 1.54) is 19.8 Å². The summed E-state index contributed by atoms with van der Waals surface area (Å²) in [6.45, 7) is 21.4. The fourth-order valence-corrected chi connectivity index (χ4v) is 21.6. The summed E-state index contributed by atoms with van der Waals surface area (Å²) in [4.78, 5) is 84.3. The number of nitrogens with zero attached hydrogens (tertiary/aromatic N) is 10. The van der Waals surface area contributed by atoms with E-state index in [2.05, 4.69) is 29.9 Å². The van der Waals surface area contributed by atoms with Crippen molar-refractivity contribution in [3.8, 4) is 92.3 Å². The number of carbonyl (C=O) groups excluding carboxylic acids is 4. The maximum absolute atomic E-state index is 15.2. The van der Waals surface area contributed by atoms with Gasteiger partial charge < -0.3 is 95.4 Å². The van der Waals surface area contributed by atoms with Gasteiger partial charge in [0.2, 0.25) is 35.4 Å². The van der Waals surface area contributed by atoms with Crippen LogP contribution in [0.5, 0.6) is 92.3 Å². The average Bonchev–Trinajstić information content (AvgIpc) is 1.51. The lowest BCUT2D eigenvalue weighted by Crippen LogP contribution is -2.45. The quantitative estimate of drug-likeness (QED) is 0.0298. The highest BCUT2D eigenvalue weighted by atomic mass is 19.1. The first-order valence-electron chi connectivity index (χ1n) is 51.0. The summed E-state index contributed by atoms with van der Waals surface area (Å²) in [6.07, 6.45) is 23.0. The monoisotopic (exact) mass is 2050 g/mol. The molecule has 30 nitrogen and oxygen atoms in total. The molecule has 8 aliphatic heterocycles. The number of likely N-dealkylation sites (tertiary alicyclic amines) is 4. The number of methoxy groups -OCH3 is 4. The van der Waals surface area contributed by atoms with Gasteiger partial charge in [0.15, 0.2) is 92.3 Å². The zero-order valence-corrected chi connectivity index (χ0v) is 85.2. The molecule has 24 rings (SSSR count). The second-order valence-electron chi connectivity index (χ2n) is 41.3. The molecule has 0 N–H and O–H groups in total. The van der Waals surface area contributed by atoms with Crippen LogP contribution < -0.4 is 56.8 Å². The third-order valence-corrected chi connectivity index (χ3v) is 30.1. The van der Waals surface area contributed by atoms with Gasteiger partial charge in [-0.3, -0.25) is 29.1 Å². The first kappa shape index (κ1) is 101. The van der Waals surface area contributed by atoms with Crippen LogP contribution in [0.15, 0.2) is 157 Å². The third-order valence-electron chi connectivity index (χ3n) is 30.1. The molecule has 12 heterocycles. The summed E-state index contributed by atoms with van der Waals surface area (Å²) in [5, 5.41) is 2.47. The van der Waals surface area contributed by atoms with Gasteiger partial charge in [-0.25, -0.2) is 37.5 Å². The average molecular weight is 2050 g/mol. The Balaban J connectivity index is 0.000000117. The highest BCUT2D eigenvalue weighted by Gasteiger charge is 2.49. The highest BCUT2D eigenvalue weighted by Crippen LogP contribution is 2.49. The van der Waals surface area contributed by atoms with Crippen LogP contribution in [0.4, 0.5) is 17.6 Å². The second kappa shape index (κ2) is 43.1. The van der Waals surface area contributed by atoms with Gasteiger partial charge in [-0.1, -0.05) is 70.9 Å². The summed E-state index contributed by atoms with van der Waals surface area (Å²) >= 11 is 0. The molecule has 8 aromatic carbocycles. The molecule has 4 aromatic heterocycles. The van der Waals surface area contributed by atoms with Gasteiger partial charge in [-0.15, -0.1) is 0 Å². The van der Waals surface area contributed by atoms with E-state index in [1.54, 1.807) is 119 Å². The number of ether oxygens (including phenoxy) is 16. The summed E-state index contributed by atoms with van der Waals surface area (Å²) in [6, 6.07) is 31.6. The maximum atomic E-state index is 15.2. The number of benzene rings is 8. The number of halogens is 4. The molecule has 4 aliphatic carbocycles. The molecule has 0 unspecified atom stereocenters. The van der Waals surface area contributed by atoms with Gasteiger partial charge in [-0.05, 0) is 175 Å². The maximum Gasteiger partial charge on any atom is 0.230 e. The third kappa shape index (κ3) is 21.2. The van der Waals surface area contributed by atoms with Gasteiger partial charge in [0, 0.05) is 157 Å². The number of fused-ring (bicyclic) bond motifs is 8. The Morgan fingerprint density at radius 1 is 0.307 bits per heavy atom. The normalized spacial score (nSPS) is 17.4.